The van der Waals surface area contributed by atoms with Crippen LogP contribution in [0.2, 0.25) is 0 Å². The number of aliphatic hydroxyl groups is 3. The number of anilines is 1. The van der Waals surface area contributed by atoms with Gasteiger partial charge in [-0.2, -0.15) is 18.2 Å². The zero-order valence-corrected chi connectivity index (χ0v) is 16.5. The molecule has 13 nitrogen and oxygen atoms in total. The number of aromatic nitrogens is 4. The lowest BCUT2D eigenvalue weighted by Crippen LogP contribution is -2.43. The number of hydrogen-bond acceptors (Lipinski definition) is 12. The Morgan fingerprint density at radius 1 is 1.43 bits per heavy atom. The topological polar surface area (TPSA) is 195 Å². The molecule has 1 aliphatic heterocycles. The van der Waals surface area contributed by atoms with Gasteiger partial charge in [0.25, 0.3) is 0 Å². The van der Waals surface area contributed by atoms with Crippen molar-refractivity contribution in [3.8, 4) is 0 Å². The molecule has 0 radical (unpaired) electrons. The average molecular weight is 436 g/mol. The number of nitrogens with one attached hydrogen (secondary N) is 1. The number of nitrogens with two attached hydrogens (primary N) is 1. The van der Waals surface area contributed by atoms with Crippen molar-refractivity contribution in [1.29, 1.82) is 0 Å². The van der Waals surface area contributed by atoms with Crippen LogP contribution in [0, 0.1) is 0 Å². The summed E-state index contributed by atoms with van der Waals surface area (Å²) in [5, 5.41) is 35.2. The van der Waals surface area contributed by atoms with Crippen molar-refractivity contribution in [2.24, 2.45) is 0 Å². The molecule has 0 aromatic carbocycles. The summed E-state index contributed by atoms with van der Waals surface area (Å²) in [7, 11) is -3.25. The number of hydrogen-bond donors (Lipinski definition) is 5. The number of ether oxygens (including phenoxy) is 1. The normalized spacial score (nSPS) is 26.8. The number of fused-ring (bicyclic) bond motifs is 1. The van der Waals surface area contributed by atoms with E-state index in [9.17, 15) is 23.7 Å². The van der Waals surface area contributed by atoms with Gasteiger partial charge in [-0.05, 0) is 6.92 Å². The molecule has 28 heavy (non-hydrogen) atoms. The third kappa shape index (κ3) is 4.06. The molecule has 156 valence electrons. The third-order valence-electron chi connectivity index (χ3n) is 3.91. The van der Waals surface area contributed by atoms with Gasteiger partial charge in [0.05, 0.1) is 18.6 Å². The number of nitrogen functional groups attached to an aromatic ring is 1. The summed E-state index contributed by atoms with van der Waals surface area (Å²) in [6, 6.07) is 0. The van der Waals surface area contributed by atoms with Crippen LogP contribution in [0.15, 0.2) is 11.4 Å². The van der Waals surface area contributed by atoms with Gasteiger partial charge in [-0.1, -0.05) is 0 Å². The molecule has 3 heterocycles. The second kappa shape index (κ2) is 8.03. The highest BCUT2D eigenvalue weighted by atomic mass is 32.2. The molecule has 0 unspecified atom stereocenters. The van der Waals surface area contributed by atoms with E-state index in [0.29, 0.717) is 16.2 Å². The van der Waals surface area contributed by atoms with E-state index >= 15 is 0 Å². The van der Waals surface area contributed by atoms with E-state index in [2.05, 4.69) is 19.2 Å². The standard InChI is InChI=1S/C13H20N6O7S2/c1-5(20)3-27-12-6-9(14)15-4-16-10(6)19(17-12)13-8(22)7(21)11(26-13)18-28(23,24)25-2/h4-5,7-8,11,13,18,20-22H,3H2,1-2H3,(H2,14,15,16)/t5-,7-,8+,11+,13+/m0/s1. The molecule has 0 amide bonds. The predicted octanol–water partition coefficient (Wildman–Crippen LogP) is -2.06. The molecule has 15 heteroatoms. The van der Waals surface area contributed by atoms with Crippen molar-refractivity contribution in [3.05, 3.63) is 6.33 Å². The van der Waals surface area contributed by atoms with Crippen molar-refractivity contribution in [2.75, 3.05) is 18.6 Å². The third-order valence-corrected chi connectivity index (χ3v) is 6.07. The molecular formula is C13H20N6O7S2. The molecule has 1 saturated heterocycles. The molecule has 0 bridgehead atoms. The van der Waals surface area contributed by atoms with Gasteiger partial charge < -0.3 is 25.8 Å². The molecule has 1 aliphatic rings. The fraction of sp³-hybridized carbons (Fsp3) is 0.615. The van der Waals surface area contributed by atoms with Crippen molar-refractivity contribution < 1.29 is 32.7 Å². The van der Waals surface area contributed by atoms with Gasteiger partial charge in [-0.3, -0.25) is 4.18 Å². The van der Waals surface area contributed by atoms with Crippen molar-refractivity contribution in [2.45, 2.75) is 42.7 Å². The highest BCUT2D eigenvalue weighted by Gasteiger charge is 2.46. The summed E-state index contributed by atoms with van der Waals surface area (Å²) in [5.74, 6) is 0.446. The Balaban J connectivity index is 1.98. The number of rotatable bonds is 7. The molecule has 3 rings (SSSR count). The van der Waals surface area contributed by atoms with Gasteiger partial charge in [0, 0.05) is 5.75 Å². The van der Waals surface area contributed by atoms with E-state index in [1.165, 1.54) is 22.8 Å². The molecule has 0 aliphatic carbocycles. The first kappa shape index (κ1) is 21.1. The quantitative estimate of drug-likeness (QED) is 0.298. The Kier molecular flexibility index (Phi) is 6.06. The minimum atomic E-state index is -4.18. The first-order valence-corrected chi connectivity index (χ1v) is 10.4. The summed E-state index contributed by atoms with van der Waals surface area (Å²) in [4.78, 5) is 8.03. The Labute approximate surface area is 164 Å². The fourth-order valence-electron chi connectivity index (χ4n) is 2.59. The maximum absolute atomic E-state index is 11.6. The van der Waals surface area contributed by atoms with Crippen LogP contribution in [0.4, 0.5) is 5.82 Å². The van der Waals surface area contributed by atoms with E-state index < -0.39 is 41.1 Å². The van der Waals surface area contributed by atoms with Crippen molar-refractivity contribution >= 4 is 38.9 Å². The van der Waals surface area contributed by atoms with E-state index in [4.69, 9.17) is 10.5 Å². The highest BCUT2D eigenvalue weighted by Crippen LogP contribution is 2.35. The fourth-order valence-corrected chi connectivity index (χ4v) is 4.05. The first-order chi connectivity index (χ1) is 13.1. The van der Waals surface area contributed by atoms with E-state index in [-0.39, 0.29) is 11.5 Å². The van der Waals surface area contributed by atoms with Gasteiger partial charge in [0.2, 0.25) is 0 Å². The minimum Gasteiger partial charge on any atom is -0.393 e. The van der Waals surface area contributed by atoms with Crippen LogP contribution in [0.3, 0.4) is 0 Å². The zero-order valence-electron chi connectivity index (χ0n) is 14.8. The van der Waals surface area contributed by atoms with Gasteiger partial charge in [0.15, 0.2) is 18.1 Å². The minimum absolute atomic E-state index is 0.133. The average Bonchev–Trinajstić information content (AvgIpc) is 3.13. The molecule has 6 N–H and O–H groups in total. The predicted molar refractivity (Wildman–Crippen MR) is 97.1 cm³/mol. The van der Waals surface area contributed by atoms with Crippen LogP contribution in [0.25, 0.3) is 11.0 Å². The molecule has 2 aromatic heterocycles. The van der Waals surface area contributed by atoms with Crippen LogP contribution in [0.1, 0.15) is 13.2 Å². The second-order valence-electron chi connectivity index (χ2n) is 6.03. The van der Waals surface area contributed by atoms with Crippen LogP contribution < -0.4 is 10.5 Å². The second-order valence-corrected chi connectivity index (χ2v) is 8.52. The number of thioether (sulfide) groups is 1. The van der Waals surface area contributed by atoms with Crippen molar-refractivity contribution in [1.82, 2.24) is 24.5 Å². The number of nitrogens with zero attached hydrogens (tertiary/aromatic N) is 4. The van der Waals surface area contributed by atoms with Crippen LogP contribution in [0.5, 0.6) is 0 Å². The van der Waals surface area contributed by atoms with E-state index in [1.54, 1.807) is 6.92 Å². The number of aliphatic hydroxyl groups excluding tert-OH is 3. The maximum Gasteiger partial charge on any atom is 0.337 e. The molecule has 5 atom stereocenters. The van der Waals surface area contributed by atoms with Gasteiger partial charge in [0.1, 0.15) is 29.4 Å². The lowest BCUT2D eigenvalue weighted by atomic mass is 10.2. The Morgan fingerprint density at radius 3 is 2.79 bits per heavy atom. The van der Waals surface area contributed by atoms with Crippen molar-refractivity contribution in [3.63, 3.8) is 0 Å². The Bertz CT molecular complexity index is 952. The lowest BCUT2D eigenvalue weighted by molar-refractivity contribution is -0.0459. The molecule has 0 saturated carbocycles. The largest absolute Gasteiger partial charge is 0.393 e. The molecular weight excluding hydrogens is 416 g/mol. The van der Waals surface area contributed by atoms with Gasteiger partial charge in [-0.25, -0.2) is 14.6 Å². The van der Waals surface area contributed by atoms with E-state index in [0.717, 1.165) is 7.11 Å². The molecule has 1 fully saturated rings. The monoisotopic (exact) mass is 436 g/mol. The SMILES string of the molecule is COS(=O)(=O)N[C@@H]1O[C@@H](n2nc(SC[C@H](C)O)c3c(N)ncnc32)[C@H](O)[C@@H]1O. The summed E-state index contributed by atoms with van der Waals surface area (Å²) < 4.78 is 36.0. The van der Waals surface area contributed by atoms with Gasteiger partial charge >= 0.3 is 10.3 Å². The Hall–Kier alpha value is -1.59. The van der Waals surface area contributed by atoms with Crippen LogP contribution in [-0.4, -0.2) is 80.9 Å². The van der Waals surface area contributed by atoms with Crippen LogP contribution in [-0.2, 0) is 19.2 Å². The van der Waals surface area contributed by atoms with Gasteiger partial charge in [-0.15, -0.1) is 11.8 Å². The zero-order chi connectivity index (χ0) is 20.6. The van der Waals surface area contributed by atoms with E-state index in [1.807, 2.05) is 4.72 Å². The molecule has 0 spiro atoms. The molecule has 2 aromatic rings. The lowest BCUT2D eigenvalue weighted by Gasteiger charge is -2.15. The summed E-state index contributed by atoms with van der Waals surface area (Å²) >= 11 is 1.20. The smallest absolute Gasteiger partial charge is 0.337 e. The Morgan fingerprint density at radius 2 is 2.14 bits per heavy atom. The van der Waals surface area contributed by atoms with Crippen LogP contribution >= 0.6 is 11.8 Å². The summed E-state index contributed by atoms with van der Waals surface area (Å²) in [5.41, 5.74) is 6.14. The highest BCUT2D eigenvalue weighted by molar-refractivity contribution is 7.99. The maximum atomic E-state index is 11.6. The summed E-state index contributed by atoms with van der Waals surface area (Å²) in [6.45, 7) is 1.61. The first-order valence-electron chi connectivity index (χ1n) is 8.03. The summed E-state index contributed by atoms with van der Waals surface area (Å²) in [6.07, 6.45) is -5.28.